The fourth-order valence-corrected chi connectivity index (χ4v) is 6.02. The highest BCUT2D eigenvalue weighted by molar-refractivity contribution is 5.87. The molecule has 0 aliphatic heterocycles. The molecule has 0 aliphatic carbocycles. The minimum atomic E-state index is -1.14. The molecule has 0 saturated carbocycles. The first-order chi connectivity index (χ1) is 28.5. The number of carbonyl (C=O) groups is 7. The summed E-state index contributed by atoms with van der Waals surface area (Å²) in [5.74, 6) is -3.19. The van der Waals surface area contributed by atoms with E-state index in [1.54, 1.807) is 41.5 Å². The second-order valence-electron chi connectivity index (χ2n) is 18.6. The van der Waals surface area contributed by atoms with Crippen LogP contribution in [0.4, 0.5) is 0 Å². The maximum absolute atomic E-state index is 13.1. The summed E-state index contributed by atoms with van der Waals surface area (Å²) in [4.78, 5) is 87.5. The van der Waals surface area contributed by atoms with E-state index in [1.165, 1.54) is 45.6 Å². The molecule has 0 spiro atoms. The highest BCUT2D eigenvalue weighted by atomic mass is 16.6. The van der Waals surface area contributed by atoms with E-state index >= 15 is 0 Å². The van der Waals surface area contributed by atoms with E-state index in [-0.39, 0.29) is 76.2 Å². The van der Waals surface area contributed by atoms with Crippen molar-refractivity contribution in [2.24, 2.45) is 0 Å². The van der Waals surface area contributed by atoms with Crippen molar-refractivity contribution in [2.45, 2.75) is 220 Å². The van der Waals surface area contributed by atoms with Crippen molar-refractivity contribution in [3.63, 3.8) is 0 Å². The molecule has 2 N–H and O–H groups in total. The summed E-state index contributed by atoms with van der Waals surface area (Å²) < 4.78 is 31.2. The van der Waals surface area contributed by atoms with Crippen LogP contribution < -0.4 is 10.6 Å². The summed E-state index contributed by atoms with van der Waals surface area (Å²) in [7, 11) is 1.24. The maximum atomic E-state index is 13.1. The Labute approximate surface area is 366 Å². The zero-order chi connectivity index (χ0) is 46.3. The molecule has 0 bridgehead atoms. The standard InChI is InChI=1S/C46H82N2O13/c1-44(2,3)59-40(52)26-24-22-20-18-16-14-12-11-13-15-17-19-21-23-25-38(50)47-37(43(55)61-46(7,8)9)29-30-39(51)48-36(42(54)60-45(4,5)6)28-27-35(49)33-57-31-32-58-34-41(53)56-10/h36-37H,11-34H2,1-10H3,(H,47,50)(H,48,51)/t36-,37-/m0/s1. The Balaban J connectivity index is 4.67. The van der Waals surface area contributed by atoms with Crippen LogP contribution in [0.1, 0.15) is 191 Å². The normalized spacial score (nSPS) is 12.8. The lowest BCUT2D eigenvalue weighted by molar-refractivity contribution is -0.160. The summed E-state index contributed by atoms with van der Waals surface area (Å²) in [5.41, 5.74) is -2.08. The van der Waals surface area contributed by atoms with Crippen molar-refractivity contribution in [2.75, 3.05) is 33.5 Å². The van der Waals surface area contributed by atoms with E-state index in [4.69, 9.17) is 23.7 Å². The summed E-state index contributed by atoms with van der Waals surface area (Å²) in [6.45, 7) is 15.5. The van der Waals surface area contributed by atoms with Crippen molar-refractivity contribution in [1.29, 1.82) is 0 Å². The Morgan fingerprint density at radius 1 is 0.426 bits per heavy atom. The number of nitrogens with one attached hydrogen (secondary N) is 2. The number of rotatable bonds is 34. The molecule has 0 heterocycles. The van der Waals surface area contributed by atoms with E-state index < -0.39 is 52.7 Å². The number of hydrogen-bond donors (Lipinski definition) is 2. The molecule has 0 saturated heterocycles. The van der Waals surface area contributed by atoms with Crippen LogP contribution >= 0.6 is 0 Å². The molecule has 15 heteroatoms. The Kier molecular flexibility index (Phi) is 30.2. The molecular formula is C46H82N2O13. The Morgan fingerprint density at radius 3 is 1.20 bits per heavy atom. The number of esters is 4. The lowest BCUT2D eigenvalue weighted by Crippen LogP contribution is -2.47. The zero-order valence-electron chi connectivity index (χ0n) is 39.4. The third kappa shape index (κ3) is 36.8. The van der Waals surface area contributed by atoms with Gasteiger partial charge in [-0.1, -0.05) is 77.0 Å². The van der Waals surface area contributed by atoms with E-state index in [9.17, 15) is 33.6 Å². The Bertz CT molecular complexity index is 1300. The smallest absolute Gasteiger partial charge is 0.331 e. The van der Waals surface area contributed by atoms with Crippen LogP contribution in [0.5, 0.6) is 0 Å². The number of methoxy groups -OCH3 is 1. The van der Waals surface area contributed by atoms with Gasteiger partial charge in [-0.2, -0.15) is 0 Å². The molecule has 2 amide bonds. The molecular weight excluding hydrogens is 789 g/mol. The average Bonchev–Trinajstić information content (AvgIpc) is 3.13. The summed E-state index contributed by atoms with van der Waals surface area (Å²) in [6.07, 6.45) is 15.6. The quantitative estimate of drug-likeness (QED) is 0.0365. The third-order valence-corrected chi connectivity index (χ3v) is 8.96. The second kappa shape index (κ2) is 32.1. The summed E-state index contributed by atoms with van der Waals surface area (Å²) >= 11 is 0. The minimum absolute atomic E-state index is 0.0458. The van der Waals surface area contributed by atoms with Gasteiger partial charge in [-0.05, 0) is 88.0 Å². The molecule has 0 rings (SSSR count). The second-order valence-corrected chi connectivity index (χ2v) is 18.6. The van der Waals surface area contributed by atoms with Gasteiger partial charge in [0.1, 0.15) is 42.1 Å². The van der Waals surface area contributed by atoms with Gasteiger partial charge in [-0.3, -0.25) is 19.2 Å². The molecule has 0 aromatic carbocycles. The number of carbonyl (C=O) groups excluding carboxylic acids is 7. The highest BCUT2D eigenvalue weighted by Crippen LogP contribution is 2.17. The van der Waals surface area contributed by atoms with Crippen LogP contribution in [-0.2, 0) is 62.0 Å². The molecule has 0 aromatic heterocycles. The SMILES string of the molecule is COC(=O)COCCOCC(=O)CC[C@H](NC(=O)CC[C@H](NC(=O)CCCCCCCCCCCCCCCCC(=O)OC(C)(C)C)C(=O)OC(C)(C)C)C(=O)OC(C)(C)C. The van der Waals surface area contributed by atoms with Crippen molar-refractivity contribution >= 4 is 41.5 Å². The number of hydrogen-bond acceptors (Lipinski definition) is 13. The van der Waals surface area contributed by atoms with Gasteiger partial charge in [-0.15, -0.1) is 0 Å². The lowest BCUT2D eigenvalue weighted by atomic mass is 10.0. The van der Waals surface area contributed by atoms with Crippen LogP contribution in [0, 0.1) is 0 Å². The predicted octanol–water partition coefficient (Wildman–Crippen LogP) is 7.56. The molecule has 0 unspecified atom stereocenters. The van der Waals surface area contributed by atoms with Gasteiger partial charge in [0.25, 0.3) is 0 Å². The molecule has 61 heavy (non-hydrogen) atoms. The first-order valence-corrected chi connectivity index (χ1v) is 22.5. The topological polar surface area (TPSA) is 199 Å². The fraction of sp³-hybridized carbons (Fsp3) is 0.848. The average molecular weight is 871 g/mol. The van der Waals surface area contributed by atoms with Gasteiger partial charge in [0.2, 0.25) is 11.8 Å². The monoisotopic (exact) mass is 871 g/mol. The first-order valence-electron chi connectivity index (χ1n) is 22.5. The molecule has 0 aliphatic rings. The van der Waals surface area contributed by atoms with E-state index in [2.05, 4.69) is 15.4 Å². The van der Waals surface area contributed by atoms with Gasteiger partial charge in [-0.25, -0.2) is 14.4 Å². The van der Waals surface area contributed by atoms with E-state index in [0.29, 0.717) is 12.8 Å². The van der Waals surface area contributed by atoms with Crippen molar-refractivity contribution < 1.29 is 62.0 Å². The van der Waals surface area contributed by atoms with Crippen LogP contribution in [-0.4, -0.2) is 104 Å². The van der Waals surface area contributed by atoms with Gasteiger partial charge >= 0.3 is 23.9 Å². The molecule has 354 valence electrons. The van der Waals surface area contributed by atoms with Gasteiger partial charge in [0.05, 0.1) is 20.3 Å². The van der Waals surface area contributed by atoms with Crippen molar-refractivity contribution in [1.82, 2.24) is 10.6 Å². The zero-order valence-corrected chi connectivity index (χ0v) is 39.4. The van der Waals surface area contributed by atoms with Gasteiger partial charge in [0, 0.05) is 25.7 Å². The fourth-order valence-electron chi connectivity index (χ4n) is 6.02. The third-order valence-electron chi connectivity index (χ3n) is 8.96. The van der Waals surface area contributed by atoms with Crippen LogP contribution in [0.3, 0.4) is 0 Å². The Morgan fingerprint density at radius 2 is 0.787 bits per heavy atom. The molecule has 0 radical (unpaired) electrons. The predicted molar refractivity (Wildman–Crippen MR) is 232 cm³/mol. The summed E-state index contributed by atoms with van der Waals surface area (Å²) in [6, 6.07) is -2.21. The number of ether oxygens (including phenoxy) is 6. The largest absolute Gasteiger partial charge is 0.467 e. The molecule has 15 nitrogen and oxygen atoms in total. The van der Waals surface area contributed by atoms with E-state index in [1.807, 2.05) is 20.8 Å². The number of unbranched alkanes of at least 4 members (excludes halogenated alkanes) is 13. The summed E-state index contributed by atoms with van der Waals surface area (Å²) in [5, 5.41) is 5.38. The molecule has 2 atom stereocenters. The van der Waals surface area contributed by atoms with Gasteiger partial charge in [0.15, 0.2) is 5.78 Å². The highest BCUT2D eigenvalue weighted by Gasteiger charge is 2.30. The number of ketones is 1. The van der Waals surface area contributed by atoms with Gasteiger partial charge < -0.3 is 39.1 Å². The van der Waals surface area contributed by atoms with Crippen molar-refractivity contribution in [3.8, 4) is 0 Å². The molecule has 0 aromatic rings. The Hall–Kier alpha value is -3.59. The first kappa shape index (κ1) is 57.4. The lowest BCUT2D eigenvalue weighted by Gasteiger charge is -2.26. The van der Waals surface area contributed by atoms with Crippen LogP contribution in [0.15, 0.2) is 0 Å². The van der Waals surface area contributed by atoms with Crippen LogP contribution in [0.25, 0.3) is 0 Å². The van der Waals surface area contributed by atoms with E-state index in [0.717, 1.165) is 44.9 Å². The number of amides is 2. The molecule has 0 fully saturated rings. The minimum Gasteiger partial charge on any atom is -0.467 e. The number of Topliss-reactive ketones (excluding diaryl/α,β-unsaturated/α-hetero) is 1. The maximum Gasteiger partial charge on any atom is 0.331 e. The van der Waals surface area contributed by atoms with Crippen molar-refractivity contribution in [3.05, 3.63) is 0 Å². The van der Waals surface area contributed by atoms with Crippen LogP contribution in [0.2, 0.25) is 0 Å².